The maximum atomic E-state index is 13.9. The van der Waals surface area contributed by atoms with Crippen LogP contribution in [0.3, 0.4) is 0 Å². The average Bonchev–Trinajstić information content (AvgIpc) is 2.73. The fraction of sp³-hybridized carbons (Fsp3) is 0.600. The number of hydrogen-bond acceptors (Lipinski definition) is 1. The summed E-state index contributed by atoms with van der Waals surface area (Å²) in [6.07, 6.45) is 3.12. The van der Waals surface area contributed by atoms with Crippen molar-refractivity contribution >= 4 is 0 Å². The van der Waals surface area contributed by atoms with Crippen molar-refractivity contribution in [1.82, 2.24) is 5.32 Å². The van der Waals surface area contributed by atoms with Gasteiger partial charge in [0.2, 0.25) is 0 Å². The molecular formula is C15H20F3N. The summed E-state index contributed by atoms with van der Waals surface area (Å²) < 4.78 is 40.9. The van der Waals surface area contributed by atoms with E-state index in [0.29, 0.717) is 12.5 Å². The van der Waals surface area contributed by atoms with Gasteiger partial charge in [-0.05, 0) is 24.8 Å². The van der Waals surface area contributed by atoms with E-state index in [4.69, 9.17) is 0 Å². The predicted molar refractivity (Wildman–Crippen MR) is 69.2 cm³/mol. The van der Waals surface area contributed by atoms with Crippen molar-refractivity contribution in [1.29, 1.82) is 0 Å². The maximum absolute atomic E-state index is 13.9. The van der Waals surface area contributed by atoms with E-state index in [2.05, 4.69) is 12.2 Å². The zero-order valence-corrected chi connectivity index (χ0v) is 11.3. The SMILES string of the molecule is CCNC(c1c(F)cc(F)cc1F)C1CCCC1C. The summed E-state index contributed by atoms with van der Waals surface area (Å²) in [6, 6.07) is 1.16. The van der Waals surface area contributed by atoms with Gasteiger partial charge in [-0.25, -0.2) is 13.2 Å². The van der Waals surface area contributed by atoms with Crippen LogP contribution in [0.25, 0.3) is 0 Å². The quantitative estimate of drug-likeness (QED) is 0.865. The first kappa shape index (κ1) is 14.4. The Kier molecular flexibility index (Phi) is 4.50. The van der Waals surface area contributed by atoms with E-state index in [1.165, 1.54) is 0 Å². The molecular weight excluding hydrogens is 251 g/mol. The highest BCUT2D eigenvalue weighted by molar-refractivity contribution is 5.25. The molecule has 0 spiro atoms. The zero-order valence-electron chi connectivity index (χ0n) is 11.3. The number of halogens is 3. The number of benzene rings is 1. The first-order valence-electron chi connectivity index (χ1n) is 6.92. The lowest BCUT2D eigenvalue weighted by Crippen LogP contribution is -2.31. The van der Waals surface area contributed by atoms with E-state index in [0.717, 1.165) is 31.4 Å². The largest absolute Gasteiger partial charge is 0.310 e. The van der Waals surface area contributed by atoms with Gasteiger partial charge in [0.05, 0.1) is 0 Å². The predicted octanol–water partition coefficient (Wildman–Crippen LogP) is 4.19. The van der Waals surface area contributed by atoms with Crippen LogP contribution in [0.15, 0.2) is 12.1 Å². The summed E-state index contributed by atoms with van der Waals surface area (Å²) in [6.45, 7) is 4.65. The van der Waals surface area contributed by atoms with Crippen LogP contribution < -0.4 is 5.32 Å². The van der Waals surface area contributed by atoms with E-state index in [9.17, 15) is 13.2 Å². The molecule has 19 heavy (non-hydrogen) atoms. The Hall–Kier alpha value is -1.03. The number of rotatable bonds is 4. The highest BCUT2D eigenvalue weighted by Crippen LogP contribution is 2.41. The molecule has 0 aromatic heterocycles. The monoisotopic (exact) mass is 271 g/mol. The van der Waals surface area contributed by atoms with Gasteiger partial charge in [0.1, 0.15) is 17.5 Å². The maximum Gasteiger partial charge on any atom is 0.133 e. The third-order valence-corrected chi connectivity index (χ3v) is 4.13. The molecule has 0 bridgehead atoms. The summed E-state index contributed by atoms with van der Waals surface area (Å²) in [5, 5.41) is 3.17. The second-order valence-electron chi connectivity index (χ2n) is 5.39. The van der Waals surface area contributed by atoms with Crippen LogP contribution in [0.5, 0.6) is 0 Å². The highest BCUT2D eigenvalue weighted by atomic mass is 19.1. The average molecular weight is 271 g/mol. The fourth-order valence-electron chi connectivity index (χ4n) is 3.21. The second-order valence-corrected chi connectivity index (χ2v) is 5.39. The molecule has 0 saturated heterocycles. The second kappa shape index (κ2) is 5.95. The van der Waals surface area contributed by atoms with Crippen LogP contribution in [-0.4, -0.2) is 6.54 Å². The molecule has 1 N–H and O–H groups in total. The van der Waals surface area contributed by atoms with Gasteiger partial charge in [0.15, 0.2) is 0 Å². The van der Waals surface area contributed by atoms with Gasteiger partial charge in [-0.1, -0.05) is 26.7 Å². The Morgan fingerprint density at radius 3 is 2.32 bits per heavy atom. The standard InChI is InChI=1S/C15H20F3N/c1-3-19-15(11-6-4-5-9(11)2)14-12(17)7-10(16)8-13(14)18/h7-9,11,15,19H,3-6H2,1-2H3. The first-order chi connectivity index (χ1) is 9.04. The minimum atomic E-state index is -0.867. The molecule has 2 rings (SSSR count). The van der Waals surface area contributed by atoms with Crippen LogP contribution in [0, 0.1) is 29.3 Å². The summed E-state index contributed by atoms with van der Waals surface area (Å²) in [4.78, 5) is 0. The molecule has 1 aromatic rings. The summed E-state index contributed by atoms with van der Waals surface area (Å²) in [7, 11) is 0. The topological polar surface area (TPSA) is 12.0 Å². The molecule has 3 atom stereocenters. The molecule has 3 unspecified atom stereocenters. The Labute approximate surface area is 112 Å². The Morgan fingerprint density at radius 2 is 1.84 bits per heavy atom. The van der Waals surface area contributed by atoms with Crippen LogP contribution in [0.1, 0.15) is 44.7 Å². The number of nitrogens with one attached hydrogen (secondary N) is 1. The summed E-state index contributed by atoms with van der Waals surface area (Å²) >= 11 is 0. The number of hydrogen-bond donors (Lipinski definition) is 1. The molecule has 0 amide bonds. The van der Waals surface area contributed by atoms with Gasteiger partial charge in [-0.2, -0.15) is 0 Å². The first-order valence-corrected chi connectivity index (χ1v) is 6.92. The van der Waals surface area contributed by atoms with E-state index in [-0.39, 0.29) is 17.5 Å². The van der Waals surface area contributed by atoms with Gasteiger partial charge in [0.25, 0.3) is 0 Å². The van der Waals surface area contributed by atoms with Gasteiger partial charge >= 0.3 is 0 Å². The molecule has 1 nitrogen and oxygen atoms in total. The molecule has 0 aliphatic heterocycles. The van der Waals surface area contributed by atoms with Crippen molar-refractivity contribution in [2.45, 2.75) is 39.2 Å². The van der Waals surface area contributed by atoms with Gasteiger partial charge in [0, 0.05) is 23.7 Å². The minimum Gasteiger partial charge on any atom is -0.310 e. The van der Waals surface area contributed by atoms with Crippen molar-refractivity contribution in [3.8, 4) is 0 Å². The third-order valence-electron chi connectivity index (χ3n) is 4.13. The van der Waals surface area contributed by atoms with Gasteiger partial charge in [-0.15, -0.1) is 0 Å². The molecule has 4 heteroatoms. The third kappa shape index (κ3) is 2.94. The molecule has 0 heterocycles. The zero-order chi connectivity index (χ0) is 14.0. The molecule has 1 saturated carbocycles. The molecule has 106 valence electrons. The lowest BCUT2D eigenvalue weighted by Gasteiger charge is -2.28. The van der Waals surface area contributed by atoms with Crippen molar-refractivity contribution < 1.29 is 13.2 Å². The van der Waals surface area contributed by atoms with Crippen LogP contribution in [0.2, 0.25) is 0 Å². The highest BCUT2D eigenvalue weighted by Gasteiger charge is 2.34. The normalized spacial score (nSPS) is 24.7. The van der Waals surface area contributed by atoms with E-state index < -0.39 is 17.5 Å². The summed E-state index contributed by atoms with van der Waals surface area (Å²) in [5.74, 6) is -1.82. The van der Waals surface area contributed by atoms with Crippen LogP contribution in [-0.2, 0) is 0 Å². The van der Waals surface area contributed by atoms with Crippen LogP contribution in [0.4, 0.5) is 13.2 Å². The fourth-order valence-corrected chi connectivity index (χ4v) is 3.21. The minimum absolute atomic E-state index is 0.0120. The van der Waals surface area contributed by atoms with Crippen LogP contribution >= 0.6 is 0 Å². The smallest absolute Gasteiger partial charge is 0.133 e. The van der Waals surface area contributed by atoms with E-state index in [1.807, 2.05) is 6.92 Å². The Morgan fingerprint density at radius 1 is 1.21 bits per heavy atom. The Balaban J connectivity index is 2.38. The van der Waals surface area contributed by atoms with E-state index in [1.54, 1.807) is 0 Å². The lowest BCUT2D eigenvalue weighted by atomic mass is 9.85. The van der Waals surface area contributed by atoms with Crippen molar-refractivity contribution in [2.24, 2.45) is 11.8 Å². The molecule has 1 fully saturated rings. The molecule has 0 radical (unpaired) electrons. The Bertz CT molecular complexity index is 424. The van der Waals surface area contributed by atoms with Gasteiger partial charge in [-0.3, -0.25) is 0 Å². The van der Waals surface area contributed by atoms with Crippen molar-refractivity contribution in [3.05, 3.63) is 35.1 Å². The summed E-state index contributed by atoms with van der Waals surface area (Å²) in [5.41, 5.74) is -0.0120. The molecule has 1 aromatic carbocycles. The van der Waals surface area contributed by atoms with Gasteiger partial charge < -0.3 is 5.32 Å². The van der Waals surface area contributed by atoms with Crippen molar-refractivity contribution in [2.75, 3.05) is 6.54 Å². The lowest BCUT2D eigenvalue weighted by molar-refractivity contribution is 0.291. The molecule has 1 aliphatic rings. The van der Waals surface area contributed by atoms with E-state index >= 15 is 0 Å². The van der Waals surface area contributed by atoms with Crippen molar-refractivity contribution in [3.63, 3.8) is 0 Å². The molecule has 1 aliphatic carbocycles.